The Balaban J connectivity index is 2.15. The van der Waals surface area contributed by atoms with Crippen molar-refractivity contribution < 1.29 is 26.4 Å². The van der Waals surface area contributed by atoms with Crippen LogP contribution >= 0.6 is 0 Å². The minimum absolute atomic E-state index is 0.0181. The van der Waals surface area contributed by atoms with Crippen LogP contribution in [0.1, 0.15) is 11.1 Å². The Labute approximate surface area is 140 Å². The third kappa shape index (κ3) is 2.86. The Bertz CT molecular complexity index is 1010. The van der Waals surface area contributed by atoms with Gasteiger partial charge in [-0.15, -0.1) is 0 Å². The summed E-state index contributed by atoms with van der Waals surface area (Å²) in [6.45, 7) is 0. The maximum Gasteiger partial charge on any atom is 0.416 e. The molecule has 0 aromatic heterocycles. The van der Waals surface area contributed by atoms with E-state index in [4.69, 9.17) is 5.73 Å². The molecule has 0 saturated heterocycles. The zero-order valence-electron chi connectivity index (χ0n) is 12.5. The molecule has 0 unspecified atom stereocenters. The Morgan fingerprint density at radius 3 is 2.36 bits per heavy atom. The van der Waals surface area contributed by atoms with Crippen molar-refractivity contribution in [1.82, 2.24) is 0 Å². The third-order valence-corrected chi connectivity index (χ3v) is 5.50. The van der Waals surface area contributed by atoms with Crippen molar-refractivity contribution >= 4 is 27.1 Å². The van der Waals surface area contributed by atoms with Crippen molar-refractivity contribution in [1.29, 1.82) is 0 Å². The van der Waals surface area contributed by atoms with Gasteiger partial charge in [0.25, 0.3) is 5.91 Å². The van der Waals surface area contributed by atoms with Gasteiger partial charge in [-0.2, -0.15) is 13.2 Å². The lowest BCUT2D eigenvalue weighted by Crippen LogP contribution is -2.20. The van der Waals surface area contributed by atoms with Gasteiger partial charge in [0, 0.05) is 11.3 Å². The van der Waals surface area contributed by atoms with E-state index in [-0.39, 0.29) is 21.8 Å². The second kappa shape index (κ2) is 5.62. The number of hydrogen-bond donors (Lipinski definition) is 2. The predicted molar refractivity (Wildman–Crippen MR) is 84.8 cm³/mol. The highest BCUT2D eigenvalue weighted by Gasteiger charge is 2.39. The number of primary amides is 1. The van der Waals surface area contributed by atoms with Crippen LogP contribution in [0.4, 0.5) is 18.9 Å². The molecule has 1 aliphatic heterocycles. The zero-order chi connectivity index (χ0) is 18.4. The monoisotopic (exact) mass is 368 g/mol. The fourth-order valence-corrected chi connectivity index (χ4v) is 4.20. The van der Waals surface area contributed by atoms with Gasteiger partial charge in [0.1, 0.15) is 0 Å². The lowest BCUT2D eigenvalue weighted by Gasteiger charge is -2.12. The molecule has 3 N–H and O–H groups in total. The molecule has 0 aliphatic carbocycles. The fraction of sp³-hybridized carbons (Fsp3) is 0.0625. The Kier molecular flexibility index (Phi) is 3.83. The minimum atomic E-state index is -4.56. The number of benzene rings is 2. The molecule has 5 nitrogen and oxygen atoms in total. The molecule has 0 atom stereocenters. The topological polar surface area (TPSA) is 89.3 Å². The molecule has 2 aromatic carbocycles. The van der Waals surface area contributed by atoms with Gasteiger partial charge >= 0.3 is 6.18 Å². The van der Waals surface area contributed by atoms with Crippen LogP contribution in [-0.2, 0) is 20.8 Å². The number of sulfone groups is 1. The predicted octanol–water partition coefficient (Wildman–Crippen LogP) is 2.76. The van der Waals surface area contributed by atoms with Gasteiger partial charge in [0.05, 0.1) is 16.2 Å². The lowest BCUT2D eigenvalue weighted by molar-refractivity contribution is -0.137. The maximum absolute atomic E-state index is 12.8. The number of anilines is 1. The first-order chi connectivity index (χ1) is 11.6. The number of alkyl halides is 3. The highest BCUT2D eigenvalue weighted by Crippen LogP contribution is 2.40. The first-order valence-electron chi connectivity index (χ1n) is 6.95. The van der Waals surface area contributed by atoms with Crippen LogP contribution in [0, 0.1) is 0 Å². The van der Waals surface area contributed by atoms with Crippen molar-refractivity contribution in [3.8, 4) is 0 Å². The third-order valence-electron chi connectivity index (χ3n) is 3.62. The van der Waals surface area contributed by atoms with Crippen LogP contribution in [0.15, 0.2) is 58.3 Å². The van der Waals surface area contributed by atoms with Crippen molar-refractivity contribution in [3.05, 3.63) is 64.6 Å². The van der Waals surface area contributed by atoms with Crippen LogP contribution in [0.5, 0.6) is 0 Å². The summed E-state index contributed by atoms with van der Waals surface area (Å²) in [7, 11) is -4.13. The second-order valence-corrected chi connectivity index (χ2v) is 7.13. The van der Waals surface area contributed by atoms with Crippen LogP contribution in [0.3, 0.4) is 0 Å². The van der Waals surface area contributed by atoms with Crippen molar-refractivity contribution in [2.45, 2.75) is 11.1 Å². The number of nitrogens with two attached hydrogens (primary N) is 1. The first-order valence-corrected chi connectivity index (χ1v) is 8.43. The summed E-state index contributed by atoms with van der Waals surface area (Å²) in [5.41, 5.74) is 4.31. The largest absolute Gasteiger partial charge is 0.416 e. The van der Waals surface area contributed by atoms with Crippen molar-refractivity contribution in [2.24, 2.45) is 5.73 Å². The Hall–Kier alpha value is -2.81. The SMILES string of the molecule is NC(=O)C1=C(Nc2cccc(C(F)(F)F)c2)c2ccccc2S1(=O)=O. The van der Waals surface area contributed by atoms with Crippen molar-refractivity contribution in [3.63, 3.8) is 0 Å². The molecule has 0 fully saturated rings. The van der Waals surface area contributed by atoms with Gasteiger partial charge in [0.2, 0.25) is 9.84 Å². The summed E-state index contributed by atoms with van der Waals surface area (Å²) in [5.74, 6) is -1.19. The van der Waals surface area contributed by atoms with E-state index in [2.05, 4.69) is 5.32 Å². The van der Waals surface area contributed by atoms with E-state index in [0.29, 0.717) is 0 Å². The summed E-state index contributed by atoms with van der Waals surface area (Å²) < 4.78 is 63.5. The van der Waals surface area contributed by atoms with Crippen LogP contribution in [0.2, 0.25) is 0 Å². The Morgan fingerprint density at radius 1 is 1.04 bits per heavy atom. The van der Waals surface area contributed by atoms with Crippen molar-refractivity contribution in [2.75, 3.05) is 5.32 Å². The van der Waals surface area contributed by atoms with E-state index >= 15 is 0 Å². The second-order valence-electron chi connectivity index (χ2n) is 5.27. The van der Waals surface area contributed by atoms with Gasteiger partial charge in [-0.3, -0.25) is 4.79 Å². The molecule has 0 bridgehead atoms. The van der Waals surface area contributed by atoms with E-state index in [1.807, 2.05) is 0 Å². The van der Waals surface area contributed by atoms with Gasteiger partial charge < -0.3 is 11.1 Å². The van der Waals surface area contributed by atoms with E-state index in [9.17, 15) is 26.4 Å². The first kappa shape index (κ1) is 17.0. The van der Waals surface area contributed by atoms with E-state index in [1.165, 1.54) is 30.3 Å². The highest BCUT2D eigenvalue weighted by atomic mass is 32.2. The molecule has 0 saturated carbocycles. The number of halogens is 3. The van der Waals surface area contributed by atoms with Crippen LogP contribution in [0.25, 0.3) is 5.70 Å². The average molecular weight is 368 g/mol. The number of rotatable bonds is 3. The molecule has 1 amide bonds. The van der Waals surface area contributed by atoms with Crippen LogP contribution in [-0.4, -0.2) is 14.3 Å². The highest BCUT2D eigenvalue weighted by molar-refractivity contribution is 7.97. The number of nitrogens with one attached hydrogen (secondary N) is 1. The molecular weight excluding hydrogens is 357 g/mol. The smallest absolute Gasteiger partial charge is 0.365 e. The van der Waals surface area contributed by atoms with Gasteiger partial charge in [-0.1, -0.05) is 24.3 Å². The van der Waals surface area contributed by atoms with Gasteiger partial charge in [-0.05, 0) is 24.3 Å². The maximum atomic E-state index is 12.8. The fourth-order valence-electron chi connectivity index (χ4n) is 2.57. The molecule has 2 aromatic rings. The quantitative estimate of drug-likeness (QED) is 0.872. The van der Waals surface area contributed by atoms with Gasteiger partial charge in [-0.25, -0.2) is 8.42 Å². The zero-order valence-corrected chi connectivity index (χ0v) is 13.3. The molecule has 130 valence electrons. The molecule has 1 aliphatic rings. The van der Waals surface area contributed by atoms with E-state index < -0.39 is 32.4 Å². The number of carbonyl (C=O) groups excluding carboxylic acids is 1. The summed E-state index contributed by atoms with van der Waals surface area (Å²) in [5, 5.41) is 2.60. The molecule has 3 rings (SSSR count). The number of carbonyl (C=O) groups is 1. The van der Waals surface area contributed by atoms with Gasteiger partial charge in [0.15, 0.2) is 4.91 Å². The molecule has 9 heteroatoms. The number of fused-ring (bicyclic) bond motifs is 1. The van der Waals surface area contributed by atoms with Crippen LogP contribution < -0.4 is 11.1 Å². The van der Waals surface area contributed by atoms with E-state index in [1.54, 1.807) is 6.07 Å². The summed E-state index contributed by atoms with van der Waals surface area (Å²) in [4.78, 5) is 10.9. The molecule has 0 spiro atoms. The Morgan fingerprint density at radius 2 is 1.72 bits per heavy atom. The molecule has 1 heterocycles. The molecule has 0 radical (unpaired) electrons. The summed E-state index contributed by atoms with van der Waals surface area (Å²) in [6, 6.07) is 9.97. The minimum Gasteiger partial charge on any atom is -0.365 e. The summed E-state index contributed by atoms with van der Waals surface area (Å²) >= 11 is 0. The average Bonchev–Trinajstić information content (AvgIpc) is 2.75. The lowest BCUT2D eigenvalue weighted by atomic mass is 10.1. The van der Waals surface area contributed by atoms with E-state index in [0.717, 1.165) is 12.1 Å². The number of amides is 1. The standard InChI is InChI=1S/C16H11F3N2O3S/c17-16(18,19)9-4-3-5-10(8-9)21-13-11-6-1-2-7-12(11)25(23,24)14(13)15(20)22/h1-8,21H,(H2,20,22). The molecular formula is C16H11F3N2O3S. The number of hydrogen-bond acceptors (Lipinski definition) is 4. The normalized spacial score (nSPS) is 15.8. The molecule has 25 heavy (non-hydrogen) atoms. The summed E-state index contributed by atoms with van der Waals surface area (Å²) in [6.07, 6.45) is -4.56.